The van der Waals surface area contributed by atoms with Crippen LogP contribution in [0.4, 0.5) is 0 Å². The number of aryl methyl sites for hydroxylation is 2. The number of sulfonamides is 1. The van der Waals surface area contributed by atoms with Gasteiger partial charge >= 0.3 is 5.97 Å². The van der Waals surface area contributed by atoms with E-state index in [1.807, 2.05) is 13.0 Å². The number of piperidine rings is 1. The summed E-state index contributed by atoms with van der Waals surface area (Å²) in [5.41, 5.74) is 1.70. The lowest BCUT2D eigenvalue weighted by molar-refractivity contribution is -0.142. The fourth-order valence-corrected chi connectivity index (χ4v) is 4.32. The Labute approximate surface area is 119 Å². The molecule has 0 bridgehead atoms. The SMILES string of the molecule is Cc1ccc(S(=O)(=O)N2CCC[C@@H](C(=O)O)C2)c(C)c1. The van der Waals surface area contributed by atoms with Crippen molar-refractivity contribution in [1.82, 2.24) is 4.31 Å². The van der Waals surface area contributed by atoms with Gasteiger partial charge in [0.15, 0.2) is 0 Å². The largest absolute Gasteiger partial charge is 0.481 e. The standard InChI is InChI=1S/C14H19NO4S/c1-10-5-6-13(11(2)8-10)20(18,19)15-7-3-4-12(9-15)14(16)17/h5-6,8,12H,3-4,7,9H2,1-2H3,(H,16,17)/t12-/m1/s1. The van der Waals surface area contributed by atoms with Crippen LogP contribution >= 0.6 is 0 Å². The van der Waals surface area contributed by atoms with E-state index in [1.54, 1.807) is 19.1 Å². The van der Waals surface area contributed by atoms with E-state index in [9.17, 15) is 13.2 Å². The number of carbonyl (C=O) groups is 1. The van der Waals surface area contributed by atoms with Gasteiger partial charge in [0.2, 0.25) is 10.0 Å². The fourth-order valence-electron chi connectivity index (χ4n) is 2.59. The molecule has 0 aliphatic carbocycles. The van der Waals surface area contributed by atoms with Crippen molar-refractivity contribution in [3.05, 3.63) is 29.3 Å². The Kier molecular flexibility index (Phi) is 4.15. The summed E-state index contributed by atoms with van der Waals surface area (Å²) in [5.74, 6) is -1.53. The third kappa shape index (κ3) is 2.86. The zero-order chi connectivity index (χ0) is 14.9. The first-order valence-corrected chi connectivity index (χ1v) is 8.06. The van der Waals surface area contributed by atoms with Gasteiger partial charge in [-0.3, -0.25) is 4.79 Å². The van der Waals surface area contributed by atoms with Gasteiger partial charge < -0.3 is 5.11 Å². The van der Waals surface area contributed by atoms with Gasteiger partial charge in [-0.25, -0.2) is 8.42 Å². The first-order chi connectivity index (χ1) is 9.32. The minimum atomic E-state index is -3.61. The van der Waals surface area contributed by atoms with Crippen LogP contribution < -0.4 is 0 Å². The molecule has 1 aliphatic heterocycles. The number of hydrogen-bond donors (Lipinski definition) is 1. The quantitative estimate of drug-likeness (QED) is 0.923. The van der Waals surface area contributed by atoms with E-state index in [2.05, 4.69) is 0 Å². The Morgan fingerprint density at radius 2 is 2.05 bits per heavy atom. The van der Waals surface area contributed by atoms with E-state index in [1.165, 1.54) is 4.31 Å². The summed E-state index contributed by atoms with van der Waals surface area (Å²) in [6.07, 6.45) is 1.12. The number of hydrogen-bond acceptors (Lipinski definition) is 3. The second-order valence-electron chi connectivity index (χ2n) is 5.31. The smallest absolute Gasteiger partial charge is 0.307 e. The second kappa shape index (κ2) is 5.54. The monoisotopic (exact) mass is 297 g/mol. The van der Waals surface area contributed by atoms with Crippen LogP contribution in [-0.4, -0.2) is 36.9 Å². The topological polar surface area (TPSA) is 74.7 Å². The minimum Gasteiger partial charge on any atom is -0.481 e. The summed E-state index contributed by atoms with van der Waals surface area (Å²) in [4.78, 5) is 11.3. The first-order valence-electron chi connectivity index (χ1n) is 6.62. The third-order valence-corrected chi connectivity index (χ3v) is 5.71. The summed E-state index contributed by atoms with van der Waals surface area (Å²) in [6, 6.07) is 5.19. The molecule has 1 aliphatic rings. The van der Waals surface area contributed by atoms with E-state index in [0.717, 1.165) is 5.56 Å². The van der Waals surface area contributed by atoms with E-state index in [0.29, 0.717) is 24.9 Å². The van der Waals surface area contributed by atoms with Crippen LogP contribution in [0.5, 0.6) is 0 Å². The van der Waals surface area contributed by atoms with Crippen LogP contribution in [0, 0.1) is 19.8 Å². The summed E-state index contributed by atoms with van der Waals surface area (Å²) in [6.45, 7) is 4.12. The van der Waals surface area contributed by atoms with Crippen molar-refractivity contribution in [1.29, 1.82) is 0 Å². The number of carboxylic acids is 1. The predicted octanol–water partition coefficient (Wildman–Crippen LogP) is 1.79. The van der Waals surface area contributed by atoms with Gasteiger partial charge in [0.25, 0.3) is 0 Å². The van der Waals surface area contributed by atoms with Crippen LogP contribution in [0.1, 0.15) is 24.0 Å². The predicted molar refractivity (Wildman–Crippen MR) is 75.0 cm³/mol. The molecular weight excluding hydrogens is 278 g/mol. The molecule has 1 atom stereocenters. The molecule has 1 aromatic carbocycles. The third-order valence-electron chi connectivity index (χ3n) is 3.68. The summed E-state index contributed by atoms with van der Waals surface area (Å²) in [5, 5.41) is 9.06. The summed E-state index contributed by atoms with van der Waals surface area (Å²) >= 11 is 0. The Morgan fingerprint density at radius 1 is 1.35 bits per heavy atom. The lowest BCUT2D eigenvalue weighted by atomic mass is 10.0. The Bertz CT molecular complexity index is 624. The number of rotatable bonds is 3. The van der Waals surface area contributed by atoms with Crippen molar-refractivity contribution in [2.75, 3.05) is 13.1 Å². The molecule has 1 saturated heterocycles. The van der Waals surface area contributed by atoms with Crippen LogP contribution in [-0.2, 0) is 14.8 Å². The van der Waals surface area contributed by atoms with Gasteiger partial charge in [-0.05, 0) is 38.3 Å². The van der Waals surface area contributed by atoms with Crippen molar-refractivity contribution >= 4 is 16.0 Å². The van der Waals surface area contributed by atoms with E-state index in [4.69, 9.17) is 5.11 Å². The Morgan fingerprint density at radius 3 is 2.65 bits per heavy atom. The highest BCUT2D eigenvalue weighted by Crippen LogP contribution is 2.26. The van der Waals surface area contributed by atoms with Gasteiger partial charge in [0.1, 0.15) is 0 Å². The zero-order valence-electron chi connectivity index (χ0n) is 11.7. The molecule has 1 fully saturated rings. The first kappa shape index (κ1) is 15.0. The number of nitrogens with zero attached hydrogens (tertiary/aromatic N) is 1. The normalized spacial score (nSPS) is 20.8. The summed E-state index contributed by atoms with van der Waals surface area (Å²) in [7, 11) is -3.61. The molecular formula is C14H19NO4S. The molecule has 0 radical (unpaired) electrons. The van der Waals surface area contributed by atoms with Crippen LogP contribution in [0.25, 0.3) is 0 Å². The average Bonchev–Trinajstić information content (AvgIpc) is 2.38. The Hall–Kier alpha value is -1.40. The summed E-state index contributed by atoms with van der Waals surface area (Å²) < 4.78 is 26.5. The van der Waals surface area contributed by atoms with Gasteiger partial charge in [-0.2, -0.15) is 4.31 Å². The minimum absolute atomic E-state index is 0.0605. The molecule has 5 nitrogen and oxygen atoms in total. The van der Waals surface area contributed by atoms with Crippen molar-refractivity contribution in [2.24, 2.45) is 5.92 Å². The molecule has 20 heavy (non-hydrogen) atoms. The molecule has 2 rings (SSSR count). The molecule has 0 saturated carbocycles. The van der Waals surface area contributed by atoms with E-state index in [-0.39, 0.29) is 11.4 Å². The molecule has 0 aromatic heterocycles. The lowest BCUT2D eigenvalue weighted by Gasteiger charge is -2.30. The second-order valence-corrected chi connectivity index (χ2v) is 7.22. The molecule has 1 aromatic rings. The van der Waals surface area contributed by atoms with Gasteiger partial charge in [0, 0.05) is 13.1 Å². The zero-order valence-corrected chi connectivity index (χ0v) is 12.5. The molecule has 0 spiro atoms. The lowest BCUT2D eigenvalue weighted by Crippen LogP contribution is -2.42. The highest BCUT2D eigenvalue weighted by Gasteiger charge is 2.33. The highest BCUT2D eigenvalue weighted by atomic mass is 32.2. The van der Waals surface area contributed by atoms with Gasteiger partial charge in [-0.1, -0.05) is 17.7 Å². The van der Waals surface area contributed by atoms with Crippen LogP contribution in [0.3, 0.4) is 0 Å². The molecule has 0 unspecified atom stereocenters. The van der Waals surface area contributed by atoms with Crippen LogP contribution in [0.15, 0.2) is 23.1 Å². The van der Waals surface area contributed by atoms with Crippen molar-refractivity contribution in [3.8, 4) is 0 Å². The van der Waals surface area contributed by atoms with Crippen molar-refractivity contribution in [2.45, 2.75) is 31.6 Å². The molecule has 1 N–H and O–H groups in total. The molecule has 6 heteroatoms. The van der Waals surface area contributed by atoms with Crippen LogP contribution in [0.2, 0.25) is 0 Å². The van der Waals surface area contributed by atoms with E-state index < -0.39 is 21.9 Å². The maximum absolute atomic E-state index is 12.6. The maximum atomic E-state index is 12.6. The Balaban J connectivity index is 2.32. The maximum Gasteiger partial charge on any atom is 0.307 e. The average molecular weight is 297 g/mol. The van der Waals surface area contributed by atoms with Crippen molar-refractivity contribution in [3.63, 3.8) is 0 Å². The molecule has 1 heterocycles. The number of aliphatic carboxylic acids is 1. The highest BCUT2D eigenvalue weighted by molar-refractivity contribution is 7.89. The molecule has 110 valence electrons. The number of carboxylic acid groups (broad SMARTS) is 1. The van der Waals surface area contributed by atoms with Gasteiger partial charge in [0.05, 0.1) is 10.8 Å². The fraction of sp³-hybridized carbons (Fsp3) is 0.500. The number of benzene rings is 1. The molecule has 0 amide bonds. The van der Waals surface area contributed by atoms with E-state index >= 15 is 0 Å². The van der Waals surface area contributed by atoms with Gasteiger partial charge in [-0.15, -0.1) is 0 Å². The van der Waals surface area contributed by atoms with Crippen molar-refractivity contribution < 1.29 is 18.3 Å².